The summed E-state index contributed by atoms with van der Waals surface area (Å²) >= 11 is 1.35. The highest BCUT2D eigenvalue weighted by atomic mass is 32.2. The third kappa shape index (κ3) is 3.04. The number of nitrogens with zero attached hydrogens (tertiary/aromatic N) is 5. The Labute approximate surface area is 127 Å². The zero-order valence-electron chi connectivity index (χ0n) is 12.4. The molecular formula is C12H19N5O3S. The summed E-state index contributed by atoms with van der Waals surface area (Å²) in [5.41, 5.74) is -0.0256. The van der Waals surface area contributed by atoms with Crippen LogP contribution in [0.5, 0.6) is 0 Å². The Morgan fingerprint density at radius 1 is 1.33 bits per heavy atom. The Bertz CT molecular complexity index is 529. The molecule has 0 unspecified atom stereocenters. The summed E-state index contributed by atoms with van der Waals surface area (Å²) in [5, 5.41) is 11.8. The highest BCUT2D eigenvalue weighted by Gasteiger charge is 2.49. The van der Waals surface area contributed by atoms with Gasteiger partial charge in [0, 0.05) is 20.1 Å². The van der Waals surface area contributed by atoms with Crippen LogP contribution in [0.4, 0.5) is 0 Å². The molecular weight excluding hydrogens is 294 g/mol. The van der Waals surface area contributed by atoms with E-state index in [9.17, 15) is 4.79 Å². The highest BCUT2D eigenvalue weighted by Crippen LogP contribution is 2.37. The predicted molar refractivity (Wildman–Crippen MR) is 74.5 cm³/mol. The van der Waals surface area contributed by atoms with E-state index >= 15 is 0 Å². The molecule has 21 heavy (non-hydrogen) atoms. The van der Waals surface area contributed by atoms with Crippen LogP contribution in [0.3, 0.4) is 0 Å². The summed E-state index contributed by atoms with van der Waals surface area (Å²) in [6.45, 7) is 6.49. The second kappa shape index (κ2) is 5.22. The summed E-state index contributed by atoms with van der Waals surface area (Å²) in [6, 6.07) is 0. The molecule has 0 aliphatic carbocycles. The molecule has 0 radical (unpaired) electrons. The van der Waals surface area contributed by atoms with Gasteiger partial charge >= 0.3 is 0 Å². The number of tetrazole rings is 1. The van der Waals surface area contributed by atoms with E-state index in [1.54, 1.807) is 11.7 Å². The largest absolute Gasteiger partial charge is 0.350 e. The number of hydrogen-bond acceptors (Lipinski definition) is 7. The van der Waals surface area contributed by atoms with E-state index in [0.717, 1.165) is 0 Å². The van der Waals surface area contributed by atoms with Crippen LogP contribution in [0, 0.1) is 5.41 Å². The van der Waals surface area contributed by atoms with Crippen molar-refractivity contribution in [2.24, 2.45) is 12.5 Å². The lowest BCUT2D eigenvalue weighted by Crippen LogP contribution is -2.66. The first-order valence-electron chi connectivity index (χ1n) is 6.80. The van der Waals surface area contributed by atoms with Crippen LogP contribution >= 0.6 is 11.8 Å². The average Bonchev–Trinajstić information content (AvgIpc) is 2.79. The molecule has 2 aliphatic rings. The quantitative estimate of drug-likeness (QED) is 0.721. The van der Waals surface area contributed by atoms with Crippen molar-refractivity contribution < 1.29 is 14.3 Å². The van der Waals surface area contributed by atoms with Crippen LogP contribution in [0.2, 0.25) is 0 Å². The van der Waals surface area contributed by atoms with Crippen molar-refractivity contribution in [2.45, 2.75) is 24.8 Å². The monoisotopic (exact) mass is 313 g/mol. The van der Waals surface area contributed by atoms with Gasteiger partial charge in [-0.15, -0.1) is 5.10 Å². The van der Waals surface area contributed by atoms with Gasteiger partial charge < -0.3 is 14.4 Å². The first-order valence-corrected chi connectivity index (χ1v) is 7.79. The van der Waals surface area contributed by atoms with Crippen LogP contribution in [-0.2, 0) is 21.3 Å². The number of carbonyl (C=O) groups excluding carboxylic acids is 1. The Morgan fingerprint density at radius 2 is 2.00 bits per heavy atom. The fraction of sp³-hybridized carbons (Fsp3) is 0.833. The van der Waals surface area contributed by atoms with Crippen LogP contribution in [0.25, 0.3) is 0 Å². The summed E-state index contributed by atoms with van der Waals surface area (Å²) in [5.74, 6) is -0.0696. The lowest BCUT2D eigenvalue weighted by Gasteiger charge is -2.54. The maximum absolute atomic E-state index is 12.1. The molecule has 0 atom stereocenters. The maximum Gasteiger partial charge on any atom is 0.233 e. The summed E-state index contributed by atoms with van der Waals surface area (Å²) < 4.78 is 12.9. The fourth-order valence-electron chi connectivity index (χ4n) is 2.42. The van der Waals surface area contributed by atoms with E-state index in [-0.39, 0.29) is 11.3 Å². The van der Waals surface area contributed by atoms with Gasteiger partial charge in [0.05, 0.1) is 24.4 Å². The molecule has 2 saturated heterocycles. The normalized spacial score (nSPS) is 23.1. The number of amides is 1. The van der Waals surface area contributed by atoms with E-state index in [1.807, 2.05) is 18.7 Å². The minimum Gasteiger partial charge on any atom is -0.350 e. The Balaban J connectivity index is 1.46. The summed E-state index contributed by atoms with van der Waals surface area (Å²) in [7, 11) is 1.75. The van der Waals surface area contributed by atoms with Gasteiger partial charge in [0.15, 0.2) is 5.79 Å². The molecule has 1 amide bonds. The van der Waals surface area contributed by atoms with Crippen molar-refractivity contribution >= 4 is 17.7 Å². The topological polar surface area (TPSA) is 82.4 Å². The highest BCUT2D eigenvalue weighted by molar-refractivity contribution is 7.99. The van der Waals surface area contributed by atoms with Gasteiger partial charge in [-0.25, -0.2) is 4.68 Å². The Hall–Kier alpha value is -1.19. The lowest BCUT2D eigenvalue weighted by atomic mass is 9.80. The fourth-order valence-corrected chi connectivity index (χ4v) is 3.17. The van der Waals surface area contributed by atoms with Gasteiger partial charge in [-0.1, -0.05) is 11.8 Å². The van der Waals surface area contributed by atoms with E-state index in [0.29, 0.717) is 37.2 Å². The molecule has 1 aromatic rings. The molecule has 0 bridgehead atoms. The third-order valence-corrected chi connectivity index (χ3v) is 4.76. The molecule has 3 rings (SSSR count). The molecule has 0 saturated carbocycles. The van der Waals surface area contributed by atoms with Crippen LogP contribution in [-0.4, -0.2) is 68.9 Å². The molecule has 9 heteroatoms. The minimum absolute atomic E-state index is 0.0256. The zero-order valence-corrected chi connectivity index (χ0v) is 13.2. The van der Waals surface area contributed by atoms with Crippen molar-refractivity contribution in [1.82, 2.24) is 25.1 Å². The Kier molecular flexibility index (Phi) is 3.66. The number of aryl methyl sites for hydroxylation is 1. The molecule has 1 aromatic heterocycles. The second-order valence-electron chi connectivity index (χ2n) is 6.10. The van der Waals surface area contributed by atoms with Crippen LogP contribution in [0.1, 0.15) is 13.8 Å². The van der Waals surface area contributed by atoms with Gasteiger partial charge in [0.2, 0.25) is 11.1 Å². The molecule has 116 valence electrons. The van der Waals surface area contributed by atoms with E-state index < -0.39 is 5.79 Å². The van der Waals surface area contributed by atoms with Crippen molar-refractivity contribution in [3.05, 3.63) is 0 Å². The molecule has 8 nitrogen and oxygen atoms in total. The number of rotatable bonds is 3. The van der Waals surface area contributed by atoms with Crippen LogP contribution in [0.15, 0.2) is 5.16 Å². The van der Waals surface area contributed by atoms with Crippen LogP contribution < -0.4 is 0 Å². The molecule has 2 aliphatic heterocycles. The first-order chi connectivity index (χ1) is 9.89. The first kappa shape index (κ1) is 14.7. The van der Waals surface area contributed by atoms with E-state index in [4.69, 9.17) is 9.47 Å². The van der Waals surface area contributed by atoms with E-state index in [2.05, 4.69) is 15.5 Å². The van der Waals surface area contributed by atoms with Gasteiger partial charge in [0.25, 0.3) is 0 Å². The minimum atomic E-state index is -0.510. The molecule has 0 N–H and O–H groups in total. The number of carbonyl (C=O) groups is 1. The van der Waals surface area contributed by atoms with Gasteiger partial charge in [-0.2, -0.15) is 0 Å². The number of ether oxygens (including phenoxy) is 2. The molecule has 0 aromatic carbocycles. The number of hydrogen-bond donors (Lipinski definition) is 0. The molecule has 3 heterocycles. The average molecular weight is 313 g/mol. The zero-order chi connectivity index (χ0) is 15.1. The standard InChI is InChI=1S/C12H19N5O3S/c1-11(2)19-7-12(8-20-11)5-17(6-12)9(18)4-21-10-13-14-15-16(10)3/h4-8H2,1-3H3. The maximum atomic E-state index is 12.1. The smallest absolute Gasteiger partial charge is 0.233 e. The predicted octanol–water partition coefficient (Wildman–Crippen LogP) is -0.0863. The van der Waals surface area contributed by atoms with Gasteiger partial charge in [-0.3, -0.25) is 4.79 Å². The molecule has 2 fully saturated rings. The van der Waals surface area contributed by atoms with Crippen molar-refractivity contribution in [3.63, 3.8) is 0 Å². The van der Waals surface area contributed by atoms with Crippen molar-refractivity contribution in [3.8, 4) is 0 Å². The summed E-state index contributed by atoms with van der Waals surface area (Å²) in [6.07, 6.45) is 0. The Morgan fingerprint density at radius 3 is 2.57 bits per heavy atom. The van der Waals surface area contributed by atoms with Gasteiger partial charge in [0.1, 0.15) is 0 Å². The lowest BCUT2D eigenvalue weighted by molar-refractivity contribution is -0.302. The van der Waals surface area contributed by atoms with Crippen molar-refractivity contribution in [2.75, 3.05) is 32.1 Å². The van der Waals surface area contributed by atoms with E-state index in [1.165, 1.54) is 11.8 Å². The number of aromatic nitrogens is 4. The third-order valence-electron chi connectivity index (χ3n) is 3.76. The number of thioether (sulfide) groups is 1. The number of likely N-dealkylation sites (tertiary alicyclic amines) is 1. The van der Waals surface area contributed by atoms with Crippen molar-refractivity contribution in [1.29, 1.82) is 0 Å². The molecule has 1 spiro atoms. The van der Waals surface area contributed by atoms with Gasteiger partial charge in [-0.05, 0) is 24.3 Å². The second-order valence-corrected chi connectivity index (χ2v) is 7.04. The summed E-state index contributed by atoms with van der Waals surface area (Å²) in [4.78, 5) is 14.0. The SMILES string of the molecule is Cn1nnnc1SCC(=O)N1CC2(COC(C)(C)OC2)C1.